The van der Waals surface area contributed by atoms with Crippen molar-refractivity contribution in [2.75, 3.05) is 0 Å². The summed E-state index contributed by atoms with van der Waals surface area (Å²) < 4.78 is 14.0. The van der Waals surface area contributed by atoms with Gasteiger partial charge in [0.05, 0.1) is 15.6 Å². The number of aromatic amines is 1. The summed E-state index contributed by atoms with van der Waals surface area (Å²) in [6, 6.07) is 8.33. The fourth-order valence-electron chi connectivity index (χ4n) is 2.12. The molecule has 90 valence electrons. The lowest BCUT2D eigenvalue weighted by Crippen LogP contribution is -1.99. The second-order valence-electron chi connectivity index (χ2n) is 3.95. The third kappa shape index (κ3) is 1.44. The van der Waals surface area contributed by atoms with E-state index in [4.69, 9.17) is 5.11 Å². The number of carboxylic acids is 1. The first kappa shape index (κ1) is 11.2. The number of H-pyrrole nitrogens is 1. The van der Waals surface area contributed by atoms with Crippen LogP contribution in [0.3, 0.4) is 0 Å². The van der Waals surface area contributed by atoms with Gasteiger partial charge in [-0.3, -0.25) is 0 Å². The number of halogens is 2. The maximum absolute atomic E-state index is 13.8. The zero-order chi connectivity index (χ0) is 12.9. The van der Waals surface area contributed by atoms with E-state index in [0.29, 0.717) is 10.9 Å². The third-order valence-electron chi connectivity index (χ3n) is 2.91. The quantitative estimate of drug-likeness (QED) is 0.716. The second-order valence-corrected chi connectivity index (χ2v) is 4.74. The lowest BCUT2D eigenvalue weighted by atomic mass is 10.1. The van der Waals surface area contributed by atoms with Gasteiger partial charge >= 0.3 is 5.97 Å². The summed E-state index contributed by atoms with van der Waals surface area (Å²) in [6.07, 6.45) is 0. The molecular formula is C13H7BrFNO2. The predicted octanol–water partition coefficient (Wildman–Crippen LogP) is 3.92. The molecule has 5 heteroatoms. The van der Waals surface area contributed by atoms with Gasteiger partial charge in [0.25, 0.3) is 0 Å². The largest absolute Gasteiger partial charge is 0.478 e. The van der Waals surface area contributed by atoms with Crippen LogP contribution < -0.4 is 0 Å². The normalized spacial score (nSPS) is 11.2. The van der Waals surface area contributed by atoms with Gasteiger partial charge in [0.1, 0.15) is 5.82 Å². The molecule has 3 nitrogen and oxygen atoms in total. The molecular weight excluding hydrogens is 301 g/mol. The highest BCUT2D eigenvalue weighted by molar-refractivity contribution is 9.10. The number of nitrogens with one attached hydrogen (secondary N) is 1. The molecule has 2 N–H and O–H groups in total. The van der Waals surface area contributed by atoms with Crippen molar-refractivity contribution in [1.82, 2.24) is 4.98 Å². The van der Waals surface area contributed by atoms with Crippen molar-refractivity contribution in [2.45, 2.75) is 0 Å². The molecule has 18 heavy (non-hydrogen) atoms. The highest BCUT2D eigenvalue weighted by Crippen LogP contribution is 2.35. The monoisotopic (exact) mass is 307 g/mol. The van der Waals surface area contributed by atoms with Crippen LogP contribution in [0.5, 0.6) is 0 Å². The van der Waals surface area contributed by atoms with Gasteiger partial charge in [-0.05, 0) is 28.1 Å². The SMILES string of the molecule is O=C(O)c1cc(F)c(Br)c2c1[nH]c1ccccc12. The standard InChI is InChI=1S/C13H7BrFNO2/c14-11-8(15)5-7(13(17)18)12-10(11)6-3-1-2-4-9(6)16-12/h1-5,16H,(H,17,18). The Hall–Kier alpha value is -1.88. The minimum atomic E-state index is -1.15. The molecule has 0 spiro atoms. The number of aromatic nitrogens is 1. The molecule has 0 aliphatic carbocycles. The van der Waals surface area contributed by atoms with E-state index in [-0.39, 0.29) is 10.0 Å². The van der Waals surface area contributed by atoms with Crippen LogP contribution in [0.25, 0.3) is 21.8 Å². The third-order valence-corrected chi connectivity index (χ3v) is 3.68. The molecule has 0 amide bonds. The van der Waals surface area contributed by atoms with Crippen molar-refractivity contribution < 1.29 is 14.3 Å². The van der Waals surface area contributed by atoms with E-state index in [1.165, 1.54) is 0 Å². The number of hydrogen-bond acceptors (Lipinski definition) is 1. The number of hydrogen-bond donors (Lipinski definition) is 2. The molecule has 3 rings (SSSR count). The fraction of sp³-hybridized carbons (Fsp3) is 0. The van der Waals surface area contributed by atoms with Crippen LogP contribution in [0.4, 0.5) is 4.39 Å². The number of carboxylic acid groups (broad SMARTS) is 1. The van der Waals surface area contributed by atoms with E-state index >= 15 is 0 Å². The van der Waals surface area contributed by atoms with Crippen LogP contribution >= 0.6 is 15.9 Å². The summed E-state index contributed by atoms with van der Waals surface area (Å²) in [4.78, 5) is 14.2. The van der Waals surface area contributed by atoms with Crippen molar-refractivity contribution in [1.29, 1.82) is 0 Å². The Morgan fingerprint density at radius 1 is 1.33 bits per heavy atom. The maximum Gasteiger partial charge on any atom is 0.337 e. The first-order valence-electron chi connectivity index (χ1n) is 5.21. The van der Waals surface area contributed by atoms with Gasteiger partial charge in [-0.2, -0.15) is 0 Å². The zero-order valence-electron chi connectivity index (χ0n) is 9.00. The average Bonchev–Trinajstić information content (AvgIpc) is 2.72. The molecule has 1 heterocycles. The number of aromatic carboxylic acids is 1. The van der Waals surface area contributed by atoms with Gasteiger partial charge < -0.3 is 10.1 Å². The van der Waals surface area contributed by atoms with Crippen LogP contribution in [0.15, 0.2) is 34.8 Å². The smallest absolute Gasteiger partial charge is 0.337 e. The number of fused-ring (bicyclic) bond motifs is 3. The summed E-state index contributed by atoms with van der Waals surface area (Å²) in [5.74, 6) is -1.73. The molecule has 0 bridgehead atoms. The highest BCUT2D eigenvalue weighted by Gasteiger charge is 2.18. The molecule has 2 aromatic carbocycles. The maximum atomic E-state index is 13.8. The lowest BCUT2D eigenvalue weighted by molar-refractivity contribution is 0.0698. The minimum absolute atomic E-state index is 0.0677. The predicted molar refractivity (Wildman–Crippen MR) is 70.4 cm³/mol. The molecule has 0 fully saturated rings. The van der Waals surface area contributed by atoms with Crippen molar-refractivity contribution >= 4 is 43.7 Å². The Bertz CT molecular complexity index is 794. The fourth-order valence-corrected chi connectivity index (χ4v) is 2.65. The Balaban J connectivity index is 2.61. The molecule has 0 unspecified atom stereocenters. The second kappa shape index (κ2) is 3.81. The Morgan fingerprint density at radius 2 is 2.06 bits per heavy atom. The van der Waals surface area contributed by atoms with E-state index < -0.39 is 11.8 Å². The molecule has 0 saturated carbocycles. The number of para-hydroxylation sites is 1. The van der Waals surface area contributed by atoms with Crippen LogP contribution in [0, 0.1) is 5.82 Å². The van der Waals surface area contributed by atoms with E-state index in [0.717, 1.165) is 17.0 Å². The molecule has 0 aliphatic heterocycles. The van der Waals surface area contributed by atoms with Crippen molar-refractivity contribution in [2.24, 2.45) is 0 Å². The Labute approximate surface area is 109 Å². The molecule has 0 aliphatic rings. The minimum Gasteiger partial charge on any atom is -0.478 e. The van der Waals surface area contributed by atoms with Crippen LogP contribution in [0.1, 0.15) is 10.4 Å². The number of carbonyl (C=O) groups is 1. The van der Waals surface area contributed by atoms with Crippen LogP contribution in [0.2, 0.25) is 0 Å². The highest BCUT2D eigenvalue weighted by atomic mass is 79.9. The van der Waals surface area contributed by atoms with Crippen LogP contribution in [-0.2, 0) is 0 Å². The molecule has 0 atom stereocenters. The molecule has 0 radical (unpaired) electrons. The molecule has 3 aromatic rings. The van der Waals surface area contributed by atoms with Crippen LogP contribution in [-0.4, -0.2) is 16.1 Å². The van der Waals surface area contributed by atoms with Crippen molar-refractivity contribution in [3.8, 4) is 0 Å². The number of benzene rings is 2. The average molecular weight is 308 g/mol. The number of rotatable bonds is 1. The summed E-state index contributed by atoms with van der Waals surface area (Å²) in [5, 5.41) is 10.5. The molecule has 0 saturated heterocycles. The summed E-state index contributed by atoms with van der Waals surface area (Å²) in [6.45, 7) is 0. The van der Waals surface area contributed by atoms with Gasteiger partial charge in [0.15, 0.2) is 0 Å². The first-order chi connectivity index (χ1) is 8.59. The summed E-state index contributed by atoms with van der Waals surface area (Å²) in [5.41, 5.74) is 1.14. The van der Waals surface area contributed by atoms with Gasteiger partial charge in [-0.25, -0.2) is 9.18 Å². The van der Waals surface area contributed by atoms with Crippen molar-refractivity contribution in [3.05, 3.63) is 46.2 Å². The summed E-state index contributed by atoms with van der Waals surface area (Å²) >= 11 is 3.18. The van der Waals surface area contributed by atoms with Gasteiger partial charge in [0.2, 0.25) is 0 Å². The van der Waals surface area contributed by atoms with E-state index in [9.17, 15) is 9.18 Å². The Kier molecular flexibility index (Phi) is 2.38. The van der Waals surface area contributed by atoms with Gasteiger partial charge in [-0.1, -0.05) is 18.2 Å². The lowest BCUT2D eigenvalue weighted by Gasteiger charge is -2.02. The first-order valence-corrected chi connectivity index (χ1v) is 6.00. The van der Waals surface area contributed by atoms with E-state index in [1.807, 2.05) is 24.3 Å². The van der Waals surface area contributed by atoms with E-state index in [2.05, 4.69) is 20.9 Å². The van der Waals surface area contributed by atoms with E-state index in [1.54, 1.807) is 0 Å². The summed E-state index contributed by atoms with van der Waals surface area (Å²) in [7, 11) is 0. The van der Waals surface area contributed by atoms with Crippen molar-refractivity contribution in [3.63, 3.8) is 0 Å². The molecule has 1 aromatic heterocycles. The van der Waals surface area contributed by atoms with Gasteiger partial charge in [-0.15, -0.1) is 0 Å². The Morgan fingerprint density at radius 3 is 2.78 bits per heavy atom. The topological polar surface area (TPSA) is 53.1 Å². The zero-order valence-corrected chi connectivity index (χ0v) is 10.6. The van der Waals surface area contributed by atoms with Gasteiger partial charge in [0, 0.05) is 16.3 Å².